The molecule has 0 saturated heterocycles. The van der Waals surface area contributed by atoms with Crippen molar-refractivity contribution in [3.63, 3.8) is 0 Å². The second-order valence-corrected chi connectivity index (χ2v) is 7.93. The van der Waals surface area contributed by atoms with Crippen molar-refractivity contribution in [1.82, 2.24) is 0 Å². The van der Waals surface area contributed by atoms with Gasteiger partial charge in [-0.05, 0) is 73.2 Å². The zero-order valence-corrected chi connectivity index (χ0v) is 18.3. The fraction of sp³-hybridized carbons (Fsp3) is 0.400. The lowest BCUT2D eigenvalue weighted by Crippen LogP contribution is -2.06. The molecule has 2 aromatic rings. The van der Waals surface area contributed by atoms with E-state index in [1.54, 1.807) is 0 Å². The Morgan fingerprint density at radius 2 is 1.04 bits per heavy atom. The summed E-state index contributed by atoms with van der Waals surface area (Å²) in [5.41, 5.74) is 7.18. The van der Waals surface area contributed by atoms with E-state index in [1.807, 2.05) is 0 Å². The molecule has 2 aromatic carbocycles. The number of rotatable bonds is 8. The van der Waals surface area contributed by atoms with Gasteiger partial charge in [0.05, 0.1) is 13.2 Å². The number of ether oxygens (including phenoxy) is 3. The summed E-state index contributed by atoms with van der Waals surface area (Å²) in [5, 5.41) is 0. The van der Waals surface area contributed by atoms with Crippen LogP contribution in [0.15, 0.2) is 33.2 Å². The molecule has 0 amide bonds. The maximum absolute atomic E-state index is 5.60. The second-order valence-electron chi connectivity index (χ2n) is 6.22. The minimum absolute atomic E-state index is 0.202. The van der Waals surface area contributed by atoms with E-state index < -0.39 is 0 Å². The van der Waals surface area contributed by atoms with Gasteiger partial charge in [0.1, 0.15) is 13.6 Å². The van der Waals surface area contributed by atoms with Crippen LogP contribution in [0.3, 0.4) is 0 Å². The average Bonchev–Trinajstić information content (AvgIpc) is 2.50. The van der Waals surface area contributed by atoms with Crippen LogP contribution in [0, 0.1) is 27.7 Å². The van der Waals surface area contributed by atoms with Gasteiger partial charge < -0.3 is 14.2 Å². The molecule has 0 aliphatic heterocycles. The standard InChI is InChI=1S/C20H24Br2O3/c1-13-5-15(3)17(19(21)7-13)9-23-11-25-12-24-10-18-16(4)6-14(2)8-20(18)22/h5-8H,9-12H2,1-4H3. The second kappa shape index (κ2) is 9.83. The van der Waals surface area contributed by atoms with E-state index >= 15 is 0 Å². The summed E-state index contributed by atoms with van der Waals surface area (Å²) < 4.78 is 18.7. The fourth-order valence-corrected chi connectivity index (χ4v) is 4.27. The van der Waals surface area contributed by atoms with Crippen molar-refractivity contribution in [2.24, 2.45) is 0 Å². The first-order valence-electron chi connectivity index (χ1n) is 8.13. The van der Waals surface area contributed by atoms with Gasteiger partial charge in [0.15, 0.2) is 0 Å². The number of hydrogen-bond donors (Lipinski definition) is 0. The molecule has 5 heteroatoms. The summed E-state index contributed by atoms with van der Waals surface area (Å²) >= 11 is 7.17. The van der Waals surface area contributed by atoms with Crippen LogP contribution in [0.4, 0.5) is 0 Å². The van der Waals surface area contributed by atoms with Crippen molar-refractivity contribution in [2.75, 3.05) is 13.6 Å². The molecule has 0 heterocycles. The van der Waals surface area contributed by atoms with Crippen LogP contribution in [-0.2, 0) is 27.4 Å². The lowest BCUT2D eigenvalue weighted by atomic mass is 10.1. The van der Waals surface area contributed by atoms with Gasteiger partial charge in [-0.3, -0.25) is 0 Å². The largest absolute Gasteiger partial charge is 0.351 e. The first-order chi connectivity index (χ1) is 11.9. The topological polar surface area (TPSA) is 27.7 Å². The van der Waals surface area contributed by atoms with Crippen molar-refractivity contribution in [3.8, 4) is 0 Å². The summed E-state index contributed by atoms with van der Waals surface area (Å²) in [6.07, 6.45) is 0. The van der Waals surface area contributed by atoms with Crippen molar-refractivity contribution in [2.45, 2.75) is 40.9 Å². The van der Waals surface area contributed by atoms with E-state index in [-0.39, 0.29) is 13.6 Å². The van der Waals surface area contributed by atoms with Crippen molar-refractivity contribution in [1.29, 1.82) is 0 Å². The Morgan fingerprint density at radius 1 is 0.640 bits per heavy atom. The highest BCUT2D eigenvalue weighted by Crippen LogP contribution is 2.24. The number of halogens is 2. The van der Waals surface area contributed by atoms with Crippen molar-refractivity contribution < 1.29 is 14.2 Å². The lowest BCUT2D eigenvalue weighted by Gasteiger charge is -2.12. The van der Waals surface area contributed by atoms with E-state index in [4.69, 9.17) is 14.2 Å². The van der Waals surface area contributed by atoms with Gasteiger partial charge >= 0.3 is 0 Å². The molecule has 0 atom stereocenters. The highest BCUT2D eigenvalue weighted by molar-refractivity contribution is 9.10. The molecule has 136 valence electrons. The Bertz CT molecular complexity index is 621. The molecule has 0 aliphatic carbocycles. The Labute approximate surface area is 166 Å². The summed E-state index contributed by atoms with van der Waals surface area (Å²) in [7, 11) is 0. The number of hydrogen-bond acceptors (Lipinski definition) is 3. The molecular formula is C20H24Br2O3. The Hall–Kier alpha value is -0.720. The van der Waals surface area contributed by atoms with Gasteiger partial charge in [0.25, 0.3) is 0 Å². The van der Waals surface area contributed by atoms with Gasteiger partial charge in [0, 0.05) is 8.95 Å². The molecule has 0 aliphatic rings. The van der Waals surface area contributed by atoms with Gasteiger partial charge in [-0.1, -0.05) is 44.0 Å². The van der Waals surface area contributed by atoms with Gasteiger partial charge in [-0.25, -0.2) is 0 Å². The monoisotopic (exact) mass is 470 g/mol. The molecule has 0 fully saturated rings. The molecule has 0 unspecified atom stereocenters. The normalized spacial score (nSPS) is 11.1. The SMILES string of the molecule is Cc1cc(C)c(COCOCOCc2c(C)cc(C)cc2Br)c(Br)c1. The molecule has 2 rings (SSSR count). The highest BCUT2D eigenvalue weighted by Gasteiger charge is 2.06. The zero-order chi connectivity index (χ0) is 18.4. The summed E-state index contributed by atoms with van der Waals surface area (Å²) in [5.74, 6) is 0. The van der Waals surface area contributed by atoms with E-state index in [1.165, 1.54) is 22.3 Å². The van der Waals surface area contributed by atoms with Crippen LogP contribution in [0.25, 0.3) is 0 Å². The van der Waals surface area contributed by atoms with Gasteiger partial charge in [0.2, 0.25) is 0 Å². The number of benzene rings is 2. The maximum Gasteiger partial charge on any atom is 0.150 e. The van der Waals surface area contributed by atoms with Crippen LogP contribution >= 0.6 is 31.9 Å². The third-order valence-corrected chi connectivity index (χ3v) is 5.37. The molecule has 0 radical (unpaired) electrons. The van der Waals surface area contributed by atoms with Gasteiger partial charge in [-0.2, -0.15) is 0 Å². The fourth-order valence-electron chi connectivity index (χ4n) is 2.70. The predicted octanol–water partition coefficient (Wildman–Crippen LogP) is 6.11. The van der Waals surface area contributed by atoms with E-state index in [0.29, 0.717) is 13.2 Å². The van der Waals surface area contributed by atoms with E-state index in [9.17, 15) is 0 Å². The molecule has 0 spiro atoms. The molecule has 0 saturated carbocycles. The maximum atomic E-state index is 5.60. The molecular weight excluding hydrogens is 448 g/mol. The first-order valence-corrected chi connectivity index (χ1v) is 9.71. The minimum Gasteiger partial charge on any atom is -0.351 e. The Balaban J connectivity index is 1.69. The van der Waals surface area contributed by atoms with Crippen molar-refractivity contribution >= 4 is 31.9 Å². The van der Waals surface area contributed by atoms with Crippen molar-refractivity contribution in [3.05, 3.63) is 66.6 Å². The third kappa shape index (κ3) is 6.19. The predicted molar refractivity (Wildman–Crippen MR) is 108 cm³/mol. The summed E-state index contributed by atoms with van der Waals surface area (Å²) in [6, 6.07) is 8.49. The van der Waals surface area contributed by atoms with Crippen LogP contribution in [0.5, 0.6) is 0 Å². The molecule has 0 N–H and O–H groups in total. The smallest absolute Gasteiger partial charge is 0.150 e. The van der Waals surface area contributed by atoms with Gasteiger partial charge in [-0.15, -0.1) is 0 Å². The Morgan fingerprint density at radius 3 is 1.40 bits per heavy atom. The Kier molecular flexibility index (Phi) is 8.10. The quantitative estimate of drug-likeness (QED) is 0.343. The summed E-state index contributed by atoms with van der Waals surface area (Å²) in [6.45, 7) is 9.75. The van der Waals surface area contributed by atoms with Crippen LogP contribution in [-0.4, -0.2) is 13.6 Å². The summed E-state index contributed by atoms with van der Waals surface area (Å²) in [4.78, 5) is 0. The van der Waals surface area contributed by atoms with Crippen LogP contribution in [0.1, 0.15) is 33.4 Å². The van der Waals surface area contributed by atoms with Crippen LogP contribution < -0.4 is 0 Å². The van der Waals surface area contributed by atoms with E-state index in [0.717, 1.165) is 20.1 Å². The molecule has 25 heavy (non-hydrogen) atoms. The lowest BCUT2D eigenvalue weighted by molar-refractivity contribution is -0.139. The zero-order valence-electron chi connectivity index (χ0n) is 15.1. The molecule has 0 aromatic heterocycles. The minimum atomic E-state index is 0.202. The third-order valence-electron chi connectivity index (χ3n) is 3.95. The average molecular weight is 472 g/mol. The molecule has 0 bridgehead atoms. The highest BCUT2D eigenvalue weighted by atomic mass is 79.9. The number of aryl methyl sites for hydroxylation is 4. The van der Waals surface area contributed by atoms with E-state index in [2.05, 4.69) is 83.8 Å². The molecule has 3 nitrogen and oxygen atoms in total. The first kappa shape index (κ1) is 20.6. The van der Waals surface area contributed by atoms with Crippen LogP contribution in [0.2, 0.25) is 0 Å².